The van der Waals surface area contributed by atoms with E-state index in [4.69, 9.17) is 9.47 Å². The van der Waals surface area contributed by atoms with E-state index in [-0.39, 0.29) is 11.5 Å². The average molecular weight is 378 g/mol. The van der Waals surface area contributed by atoms with Gasteiger partial charge >= 0.3 is 11.9 Å². The van der Waals surface area contributed by atoms with Gasteiger partial charge in [-0.05, 0) is 39.5 Å². The van der Waals surface area contributed by atoms with Crippen LogP contribution in [0.15, 0.2) is 23.8 Å². The van der Waals surface area contributed by atoms with Gasteiger partial charge in [-0.25, -0.2) is 9.59 Å². The van der Waals surface area contributed by atoms with Crippen LogP contribution in [0, 0.1) is 23.7 Å². The molecule has 2 aliphatic carbocycles. The topological polar surface area (TPSA) is 110 Å². The quantitative estimate of drug-likeness (QED) is 0.427. The minimum Gasteiger partial charge on any atom is -0.458 e. The zero-order valence-electron chi connectivity index (χ0n) is 15.8. The lowest BCUT2D eigenvalue weighted by Gasteiger charge is -2.35. The van der Waals surface area contributed by atoms with Crippen molar-refractivity contribution in [3.8, 4) is 0 Å². The van der Waals surface area contributed by atoms with Crippen LogP contribution in [0.2, 0.25) is 0 Å². The minimum atomic E-state index is -1.32. The van der Waals surface area contributed by atoms with Crippen LogP contribution in [0.1, 0.15) is 33.6 Å². The number of aldehydes is 1. The Morgan fingerprint density at radius 1 is 1.44 bits per heavy atom. The van der Waals surface area contributed by atoms with Gasteiger partial charge in [0.1, 0.15) is 24.6 Å². The summed E-state index contributed by atoms with van der Waals surface area (Å²) in [5, 5.41) is 21.9. The maximum absolute atomic E-state index is 12.4. The standard InChI is InChI=1S/C20H26O7/c1-5-9(2)18(23)27-17-13-10(3)19(24)26-16(13)14-11(6-7-20(14,4)25)12(8-21)15(17)22/h5,8,11-17,22,25H,3,6-7H2,1-2,4H3/b9-5-/t11-,12?,13-,14-,15+,16-,17-,20-/m0/s1. The first-order chi connectivity index (χ1) is 12.6. The van der Waals surface area contributed by atoms with Gasteiger partial charge in [-0.3, -0.25) is 0 Å². The summed E-state index contributed by atoms with van der Waals surface area (Å²) in [4.78, 5) is 36.4. The highest BCUT2D eigenvalue weighted by Gasteiger charge is 2.63. The monoisotopic (exact) mass is 378 g/mol. The van der Waals surface area contributed by atoms with Crippen molar-refractivity contribution >= 4 is 18.2 Å². The normalized spacial score (nSPS) is 44.2. The largest absolute Gasteiger partial charge is 0.458 e. The number of carbonyl (C=O) groups is 3. The molecule has 7 nitrogen and oxygen atoms in total. The van der Waals surface area contributed by atoms with Crippen molar-refractivity contribution in [2.75, 3.05) is 0 Å². The number of hydrogen-bond acceptors (Lipinski definition) is 7. The van der Waals surface area contributed by atoms with Gasteiger partial charge in [0.15, 0.2) is 0 Å². The third-order valence-electron chi connectivity index (χ3n) is 6.51. The fraction of sp³-hybridized carbons (Fsp3) is 0.650. The Hall–Kier alpha value is -1.99. The summed E-state index contributed by atoms with van der Waals surface area (Å²) in [6.07, 6.45) is -0.138. The Bertz CT molecular complexity index is 707. The molecule has 0 aromatic rings. The van der Waals surface area contributed by atoms with Gasteiger partial charge in [-0.1, -0.05) is 12.7 Å². The second-order valence-corrected chi connectivity index (χ2v) is 8.05. The summed E-state index contributed by atoms with van der Waals surface area (Å²) < 4.78 is 11.1. The van der Waals surface area contributed by atoms with E-state index in [0.29, 0.717) is 24.7 Å². The van der Waals surface area contributed by atoms with E-state index in [0.717, 1.165) is 0 Å². The molecule has 1 aliphatic heterocycles. The Kier molecular flexibility index (Phi) is 5.03. The number of aliphatic hydroxyl groups excluding tert-OH is 1. The zero-order chi connectivity index (χ0) is 20.1. The van der Waals surface area contributed by atoms with Crippen LogP contribution in [0.5, 0.6) is 0 Å². The molecular weight excluding hydrogens is 352 g/mol. The third kappa shape index (κ3) is 3.02. The van der Waals surface area contributed by atoms with Crippen LogP contribution in [-0.2, 0) is 23.9 Å². The number of fused-ring (bicyclic) bond motifs is 3. The summed E-state index contributed by atoms with van der Waals surface area (Å²) in [6, 6.07) is 0. The van der Waals surface area contributed by atoms with E-state index in [2.05, 4.69) is 6.58 Å². The Morgan fingerprint density at radius 3 is 2.70 bits per heavy atom. The van der Waals surface area contributed by atoms with E-state index in [1.807, 2.05) is 0 Å². The summed E-state index contributed by atoms with van der Waals surface area (Å²) in [7, 11) is 0. The molecule has 1 saturated heterocycles. The summed E-state index contributed by atoms with van der Waals surface area (Å²) in [5.41, 5.74) is -0.742. The molecule has 0 radical (unpaired) electrons. The van der Waals surface area contributed by atoms with Gasteiger partial charge in [-0.2, -0.15) is 0 Å². The first-order valence-electron chi connectivity index (χ1n) is 9.23. The molecule has 148 valence electrons. The molecule has 0 spiro atoms. The molecule has 2 N–H and O–H groups in total. The molecule has 7 heteroatoms. The lowest BCUT2D eigenvalue weighted by molar-refractivity contribution is -0.159. The molecule has 0 amide bonds. The van der Waals surface area contributed by atoms with E-state index in [1.165, 1.54) is 0 Å². The zero-order valence-corrected chi connectivity index (χ0v) is 15.8. The van der Waals surface area contributed by atoms with Crippen molar-refractivity contribution in [3.05, 3.63) is 23.8 Å². The lowest BCUT2D eigenvalue weighted by Crippen LogP contribution is -2.45. The molecule has 27 heavy (non-hydrogen) atoms. The number of ether oxygens (including phenoxy) is 2. The van der Waals surface area contributed by atoms with Crippen LogP contribution < -0.4 is 0 Å². The first-order valence-corrected chi connectivity index (χ1v) is 9.23. The summed E-state index contributed by atoms with van der Waals surface area (Å²) in [6.45, 7) is 8.67. The number of aliphatic hydroxyl groups is 2. The second-order valence-electron chi connectivity index (χ2n) is 8.05. The number of carbonyl (C=O) groups excluding carboxylic acids is 3. The van der Waals surface area contributed by atoms with Crippen molar-refractivity contribution in [2.24, 2.45) is 23.7 Å². The van der Waals surface area contributed by atoms with E-state index >= 15 is 0 Å². The highest BCUT2D eigenvalue weighted by Crippen LogP contribution is 2.54. The number of esters is 2. The van der Waals surface area contributed by atoms with Gasteiger partial charge in [0, 0.05) is 23.0 Å². The predicted octanol–water partition coefficient (Wildman–Crippen LogP) is 0.929. The Labute approximate surface area is 158 Å². The number of hydrogen-bond donors (Lipinski definition) is 2. The fourth-order valence-corrected chi connectivity index (χ4v) is 4.93. The molecule has 8 atom stereocenters. The van der Waals surface area contributed by atoms with Gasteiger partial charge in [0.2, 0.25) is 0 Å². The van der Waals surface area contributed by atoms with Crippen molar-refractivity contribution in [2.45, 2.75) is 57.5 Å². The Morgan fingerprint density at radius 2 is 2.11 bits per heavy atom. The molecule has 0 aromatic heterocycles. The van der Waals surface area contributed by atoms with Gasteiger partial charge in [0.05, 0.1) is 11.5 Å². The van der Waals surface area contributed by atoms with Crippen molar-refractivity contribution in [1.82, 2.24) is 0 Å². The SMILES string of the molecule is C=C1C(=O)O[C@H]2[C@H]1[C@H](OC(=O)/C(C)=C\C)[C@H](O)C(C=O)[C@@H]1CC[C@](C)(O)[C@H]21. The maximum Gasteiger partial charge on any atom is 0.334 e. The Balaban J connectivity index is 2.08. The van der Waals surface area contributed by atoms with E-state index in [1.54, 1.807) is 26.8 Å². The van der Waals surface area contributed by atoms with Crippen molar-refractivity contribution in [1.29, 1.82) is 0 Å². The highest BCUT2D eigenvalue weighted by molar-refractivity contribution is 5.92. The molecule has 3 rings (SSSR count). The summed E-state index contributed by atoms with van der Waals surface area (Å²) in [5.74, 6) is -3.87. The molecule has 1 heterocycles. The molecule has 2 saturated carbocycles. The number of rotatable bonds is 3. The predicted molar refractivity (Wildman–Crippen MR) is 94.2 cm³/mol. The van der Waals surface area contributed by atoms with Crippen molar-refractivity contribution in [3.63, 3.8) is 0 Å². The van der Waals surface area contributed by atoms with Crippen LogP contribution in [0.4, 0.5) is 0 Å². The molecule has 0 bridgehead atoms. The average Bonchev–Trinajstić information content (AvgIpc) is 3.04. The fourth-order valence-electron chi connectivity index (χ4n) is 4.93. The van der Waals surface area contributed by atoms with Gasteiger partial charge in [-0.15, -0.1) is 0 Å². The van der Waals surface area contributed by atoms with Gasteiger partial charge < -0.3 is 24.5 Å². The second kappa shape index (κ2) is 6.87. The summed E-state index contributed by atoms with van der Waals surface area (Å²) >= 11 is 0. The molecular formula is C20H26O7. The minimum absolute atomic E-state index is 0.0861. The molecule has 1 unspecified atom stereocenters. The molecule has 0 aromatic carbocycles. The maximum atomic E-state index is 12.4. The highest BCUT2D eigenvalue weighted by atomic mass is 16.6. The van der Waals surface area contributed by atoms with Crippen molar-refractivity contribution < 1.29 is 34.1 Å². The smallest absolute Gasteiger partial charge is 0.334 e. The molecule has 3 fully saturated rings. The van der Waals surface area contributed by atoms with Crippen LogP contribution in [0.25, 0.3) is 0 Å². The lowest BCUT2D eigenvalue weighted by atomic mass is 9.76. The molecule has 3 aliphatic rings. The van der Waals surface area contributed by atoms with E-state index < -0.39 is 53.6 Å². The third-order valence-corrected chi connectivity index (χ3v) is 6.51. The van der Waals surface area contributed by atoms with Gasteiger partial charge in [0.25, 0.3) is 0 Å². The van der Waals surface area contributed by atoms with Crippen LogP contribution in [-0.4, -0.2) is 52.4 Å². The van der Waals surface area contributed by atoms with Crippen LogP contribution >= 0.6 is 0 Å². The number of allylic oxidation sites excluding steroid dienone is 1. The first kappa shape index (κ1) is 19.8. The van der Waals surface area contributed by atoms with E-state index in [9.17, 15) is 24.6 Å². The van der Waals surface area contributed by atoms with Crippen LogP contribution in [0.3, 0.4) is 0 Å².